The van der Waals surface area contributed by atoms with Crippen LogP contribution < -0.4 is 20.1 Å². The summed E-state index contributed by atoms with van der Waals surface area (Å²) < 4.78 is 34.9. The van der Waals surface area contributed by atoms with Gasteiger partial charge < -0.3 is 20.1 Å². The number of benzene rings is 1. The second kappa shape index (κ2) is 8.26. The maximum atomic E-state index is 13.1. The zero-order chi connectivity index (χ0) is 18.9. The number of piperazine rings is 1. The molecule has 2 aliphatic rings. The minimum atomic E-state index is -3.68. The Labute approximate surface area is 166 Å². The number of hydrogen-bond acceptors (Lipinski definition) is 6. The van der Waals surface area contributed by atoms with E-state index in [1.165, 1.54) is 18.2 Å². The molecule has 0 spiro atoms. The molecular formula is C18H19ClF2N4O3. The summed E-state index contributed by atoms with van der Waals surface area (Å²) in [5.74, 6) is -0.402. The van der Waals surface area contributed by atoms with E-state index < -0.39 is 6.29 Å². The van der Waals surface area contributed by atoms with E-state index in [-0.39, 0.29) is 42.4 Å². The normalized spacial score (nSPS) is 20.3. The predicted molar refractivity (Wildman–Crippen MR) is 99.9 cm³/mol. The van der Waals surface area contributed by atoms with Crippen LogP contribution in [0.5, 0.6) is 11.5 Å². The van der Waals surface area contributed by atoms with Crippen molar-refractivity contribution in [1.29, 1.82) is 0 Å². The highest BCUT2D eigenvalue weighted by atomic mass is 35.5. The number of hydrogen-bond donors (Lipinski definition) is 2. The second-order valence-electron chi connectivity index (χ2n) is 6.35. The standard InChI is InChI=1S/C18H18F2N4O3.ClH/c19-18(20)26-15-4-3-13(8-16(15)27-18)23-17(25)11-24-7-6-22-10-14(24)12-2-1-5-21-9-12;/h1-5,8-9,14,22H,6-7,10-11H2,(H,23,25);1H. The van der Waals surface area contributed by atoms with Gasteiger partial charge in [-0.1, -0.05) is 6.07 Å². The molecule has 1 fully saturated rings. The molecule has 2 aromatic rings. The Bertz CT molecular complexity index is 841. The van der Waals surface area contributed by atoms with Gasteiger partial charge in [-0.05, 0) is 23.8 Å². The van der Waals surface area contributed by atoms with Crippen molar-refractivity contribution in [1.82, 2.24) is 15.2 Å². The fourth-order valence-corrected chi connectivity index (χ4v) is 3.25. The molecule has 7 nitrogen and oxygen atoms in total. The maximum Gasteiger partial charge on any atom is 0.586 e. The van der Waals surface area contributed by atoms with Crippen molar-refractivity contribution in [3.05, 3.63) is 48.3 Å². The molecule has 0 saturated carbocycles. The molecule has 10 heteroatoms. The number of ether oxygens (including phenoxy) is 2. The van der Waals surface area contributed by atoms with Crippen LogP contribution in [-0.4, -0.2) is 48.3 Å². The molecule has 4 rings (SSSR count). The summed E-state index contributed by atoms with van der Waals surface area (Å²) in [6.45, 7) is 2.38. The molecule has 1 aromatic heterocycles. The van der Waals surface area contributed by atoms with Gasteiger partial charge in [0, 0.05) is 49.8 Å². The van der Waals surface area contributed by atoms with Crippen LogP contribution in [0.1, 0.15) is 11.6 Å². The highest BCUT2D eigenvalue weighted by molar-refractivity contribution is 5.92. The topological polar surface area (TPSA) is 75.7 Å². The SMILES string of the molecule is Cl.O=C(CN1CCNCC1c1cccnc1)Nc1ccc2c(c1)OC(F)(F)O2. The van der Waals surface area contributed by atoms with Crippen molar-refractivity contribution in [2.45, 2.75) is 12.3 Å². The van der Waals surface area contributed by atoms with Gasteiger partial charge in [-0.3, -0.25) is 14.7 Å². The van der Waals surface area contributed by atoms with Gasteiger partial charge in [0.15, 0.2) is 11.5 Å². The molecule has 1 atom stereocenters. The molecule has 0 aliphatic carbocycles. The number of nitrogens with zero attached hydrogens (tertiary/aromatic N) is 2. The first-order valence-electron chi connectivity index (χ1n) is 8.55. The second-order valence-corrected chi connectivity index (χ2v) is 6.35. The Morgan fingerprint density at radius 1 is 1.32 bits per heavy atom. The quantitative estimate of drug-likeness (QED) is 0.803. The van der Waals surface area contributed by atoms with Gasteiger partial charge in [-0.25, -0.2) is 0 Å². The van der Waals surface area contributed by atoms with Crippen LogP contribution in [0.4, 0.5) is 14.5 Å². The third-order valence-electron chi connectivity index (χ3n) is 4.46. The molecule has 2 aliphatic heterocycles. The third-order valence-corrected chi connectivity index (χ3v) is 4.46. The van der Waals surface area contributed by atoms with E-state index in [9.17, 15) is 13.6 Å². The first-order valence-corrected chi connectivity index (χ1v) is 8.55. The number of nitrogens with one attached hydrogen (secondary N) is 2. The number of fused-ring (bicyclic) bond motifs is 1. The van der Waals surface area contributed by atoms with Crippen LogP contribution in [0, 0.1) is 0 Å². The van der Waals surface area contributed by atoms with Crippen LogP contribution in [0.15, 0.2) is 42.7 Å². The van der Waals surface area contributed by atoms with Gasteiger partial charge in [0.25, 0.3) is 0 Å². The number of alkyl halides is 2. The summed E-state index contributed by atoms with van der Waals surface area (Å²) in [7, 11) is 0. The molecule has 1 saturated heterocycles. The summed E-state index contributed by atoms with van der Waals surface area (Å²) in [6, 6.07) is 8.05. The van der Waals surface area contributed by atoms with Gasteiger partial charge in [-0.2, -0.15) is 0 Å². The minimum Gasteiger partial charge on any atom is -0.395 e. The molecular weight excluding hydrogens is 394 g/mol. The van der Waals surface area contributed by atoms with Gasteiger partial charge in [0.05, 0.1) is 6.54 Å². The molecule has 150 valence electrons. The Morgan fingerprint density at radius 3 is 2.93 bits per heavy atom. The Hall–Kier alpha value is -2.49. The first-order chi connectivity index (χ1) is 13.0. The predicted octanol–water partition coefficient (Wildman–Crippen LogP) is 2.41. The maximum absolute atomic E-state index is 13.1. The average molecular weight is 413 g/mol. The van der Waals surface area contributed by atoms with Crippen LogP contribution in [-0.2, 0) is 4.79 Å². The number of halogens is 3. The summed E-state index contributed by atoms with van der Waals surface area (Å²) in [5, 5.41) is 6.04. The van der Waals surface area contributed by atoms with Gasteiger partial charge in [0.2, 0.25) is 5.91 Å². The smallest absolute Gasteiger partial charge is 0.395 e. The number of amides is 1. The molecule has 3 heterocycles. The summed E-state index contributed by atoms with van der Waals surface area (Å²) in [6.07, 6.45) is -0.177. The average Bonchev–Trinajstić information content (AvgIpc) is 2.96. The van der Waals surface area contributed by atoms with E-state index in [1.807, 2.05) is 12.1 Å². The van der Waals surface area contributed by atoms with Crippen molar-refractivity contribution in [2.75, 3.05) is 31.5 Å². The number of carbonyl (C=O) groups excluding carboxylic acids is 1. The van der Waals surface area contributed by atoms with Crippen molar-refractivity contribution in [3.63, 3.8) is 0 Å². The molecule has 1 unspecified atom stereocenters. The molecule has 28 heavy (non-hydrogen) atoms. The molecule has 0 bridgehead atoms. The van der Waals surface area contributed by atoms with E-state index >= 15 is 0 Å². The van der Waals surface area contributed by atoms with Crippen LogP contribution in [0.3, 0.4) is 0 Å². The lowest BCUT2D eigenvalue weighted by atomic mass is 10.1. The van der Waals surface area contributed by atoms with E-state index in [1.54, 1.807) is 12.4 Å². The molecule has 1 aromatic carbocycles. The van der Waals surface area contributed by atoms with Crippen molar-refractivity contribution < 1.29 is 23.0 Å². The van der Waals surface area contributed by atoms with E-state index in [2.05, 4.69) is 30.0 Å². The molecule has 1 amide bonds. The molecule has 0 radical (unpaired) electrons. The van der Waals surface area contributed by atoms with E-state index in [0.717, 1.165) is 18.7 Å². The third kappa shape index (κ3) is 4.49. The lowest BCUT2D eigenvalue weighted by Crippen LogP contribution is -2.48. The highest BCUT2D eigenvalue weighted by Gasteiger charge is 2.43. The number of rotatable bonds is 4. The Balaban J connectivity index is 0.00000225. The minimum absolute atomic E-state index is 0. The van der Waals surface area contributed by atoms with Crippen molar-refractivity contribution in [2.24, 2.45) is 0 Å². The van der Waals surface area contributed by atoms with Gasteiger partial charge >= 0.3 is 6.29 Å². The van der Waals surface area contributed by atoms with E-state index in [4.69, 9.17) is 0 Å². The van der Waals surface area contributed by atoms with E-state index in [0.29, 0.717) is 12.2 Å². The first kappa shape index (κ1) is 20.2. The summed E-state index contributed by atoms with van der Waals surface area (Å²) in [4.78, 5) is 18.7. The lowest BCUT2D eigenvalue weighted by Gasteiger charge is -2.35. The zero-order valence-corrected chi connectivity index (χ0v) is 15.5. The zero-order valence-electron chi connectivity index (χ0n) is 14.7. The summed E-state index contributed by atoms with van der Waals surface area (Å²) >= 11 is 0. The lowest BCUT2D eigenvalue weighted by molar-refractivity contribution is -0.286. The fourth-order valence-electron chi connectivity index (χ4n) is 3.25. The monoisotopic (exact) mass is 412 g/mol. The largest absolute Gasteiger partial charge is 0.586 e. The van der Waals surface area contributed by atoms with Crippen molar-refractivity contribution >= 4 is 24.0 Å². The number of anilines is 1. The van der Waals surface area contributed by atoms with Crippen molar-refractivity contribution in [3.8, 4) is 11.5 Å². The number of carbonyl (C=O) groups is 1. The van der Waals surface area contributed by atoms with Crippen LogP contribution >= 0.6 is 12.4 Å². The summed E-state index contributed by atoms with van der Waals surface area (Å²) in [5.41, 5.74) is 1.40. The number of aromatic nitrogens is 1. The Morgan fingerprint density at radius 2 is 2.14 bits per heavy atom. The highest BCUT2D eigenvalue weighted by Crippen LogP contribution is 2.42. The number of pyridine rings is 1. The van der Waals surface area contributed by atoms with Gasteiger partial charge in [-0.15, -0.1) is 21.2 Å². The Kier molecular flexibility index (Phi) is 5.97. The van der Waals surface area contributed by atoms with Crippen LogP contribution in [0.2, 0.25) is 0 Å². The van der Waals surface area contributed by atoms with Gasteiger partial charge in [0.1, 0.15) is 0 Å². The fraction of sp³-hybridized carbons (Fsp3) is 0.333. The van der Waals surface area contributed by atoms with Crippen LogP contribution in [0.25, 0.3) is 0 Å². The molecule has 2 N–H and O–H groups in total.